The number of hydrogen-bond acceptors (Lipinski definition) is 3. The lowest BCUT2D eigenvalue weighted by molar-refractivity contribution is 0.426. The summed E-state index contributed by atoms with van der Waals surface area (Å²) in [6, 6.07) is 6.26. The molecule has 16 heavy (non-hydrogen) atoms. The highest BCUT2D eigenvalue weighted by atomic mass is 16.5. The molecule has 0 amide bonds. The summed E-state index contributed by atoms with van der Waals surface area (Å²) >= 11 is 0. The molecule has 0 unspecified atom stereocenters. The van der Waals surface area contributed by atoms with Gasteiger partial charge in [0.25, 0.3) is 0 Å². The molecule has 0 bridgehead atoms. The molecule has 1 aromatic carbocycles. The summed E-state index contributed by atoms with van der Waals surface area (Å²) in [6.45, 7) is 6.52. The lowest BCUT2D eigenvalue weighted by Gasteiger charge is -2.05. The van der Waals surface area contributed by atoms with Gasteiger partial charge in [-0.2, -0.15) is 0 Å². The second kappa shape index (κ2) is 4.10. The van der Waals surface area contributed by atoms with E-state index >= 15 is 0 Å². The van der Waals surface area contributed by atoms with Crippen molar-refractivity contribution in [3.63, 3.8) is 0 Å². The number of aromatic nitrogens is 1. The second-order valence-corrected chi connectivity index (χ2v) is 4.10. The van der Waals surface area contributed by atoms with Gasteiger partial charge in [-0.1, -0.05) is 28.9 Å². The van der Waals surface area contributed by atoms with Crippen molar-refractivity contribution >= 4 is 0 Å². The lowest BCUT2D eigenvalue weighted by Crippen LogP contribution is -1.99. The van der Waals surface area contributed by atoms with E-state index in [0.29, 0.717) is 6.54 Å². The Morgan fingerprint density at radius 1 is 1.25 bits per heavy atom. The van der Waals surface area contributed by atoms with Crippen molar-refractivity contribution in [2.75, 3.05) is 0 Å². The van der Waals surface area contributed by atoms with Crippen LogP contribution in [0.2, 0.25) is 0 Å². The van der Waals surface area contributed by atoms with Gasteiger partial charge in [0.1, 0.15) is 0 Å². The third-order valence-corrected chi connectivity index (χ3v) is 2.82. The quantitative estimate of drug-likeness (QED) is 0.839. The molecular formula is C13H16N2O. The van der Waals surface area contributed by atoms with Crippen LogP contribution >= 0.6 is 0 Å². The van der Waals surface area contributed by atoms with Crippen molar-refractivity contribution in [3.05, 3.63) is 40.6 Å². The molecule has 0 saturated heterocycles. The van der Waals surface area contributed by atoms with Crippen LogP contribution in [0.25, 0.3) is 11.3 Å². The molecule has 0 aliphatic rings. The van der Waals surface area contributed by atoms with Crippen LogP contribution in [-0.2, 0) is 6.54 Å². The van der Waals surface area contributed by atoms with E-state index in [4.69, 9.17) is 10.3 Å². The summed E-state index contributed by atoms with van der Waals surface area (Å²) in [4.78, 5) is 0. The normalized spacial score (nSPS) is 10.8. The summed E-state index contributed by atoms with van der Waals surface area (Å²) in [7, 11) is 0. The highest BCUT2D eigenvalue weighted by molar-refractivity contribution is 5.66. The summed E-state index contributed by atoms with van der Waals surface area (Å²) in [5.41, 5.74) is 11.1. The van der Waals surface area contributed by atoms with Crippen LogP contribution < -0.4 is 5.73 Å². The Morgan fingerprint density at radius 3 is 2.62 bits per heavy atom. The molecule has 1 heterocycles. The van der Waals surface area contributed by atoms with Crippen LogP contribution in [0.15, 0.2) is 22.7 Å². The third kappa shape index (κ3) is 1.74. The van der Waals surface area contributed by atoms with Gasteiger partial charge in [-0.25, -0.2) is 0 Å². The van der Waals surface area contributed by atoms with Crippen molar-refractivity contribution in [1.82, 2.24) is 5.16 Å². The minimum absolute atomic E-state index is 0.456. The zero-order chi connectivity index (χ0) is 11.7. The first-order valence-corrected chi connectivity index (χ1v) is 5.36. The average Bonchev–Trinajstić information content (AvgIpc) is 2.59. The first-order valence-electron chi connectivity index (χ1n) is 5.36. The average molecular weight is 216 g/mol. The number of aryl methyl sites for hydroxylation is 3. The van der Waals surface area contributed by atoms with Gasteiger partial charge in [0, 0.05) is 17.7 Å². The van der Waals surface area contributed by atoms with E-state index in [0.717, 1.165) is 22.6 Å². The molecule has 3 heteroatoms. The van der Waals surface area contributed by atoms with E-state index in [1.54, 1.807) is 0 Å². The Morgan fingerprint density at radius 2 is 2.00 bits per heavy atom. The maximum atomic E-state index is 5.71. The summed E-state index contributed by atoms with van der Waals surface area (Å²) < 4.78 is 5.36. The van der Waals surface area contributed by atoms with E-state index in [-0.39, 0.29) is 0 Å². The first kappa shape index (κ1) is 10.9. The minimum atomic E-state index is 0.456. The molecule has 84 valence electrons. The lowest BCUT2D eigenvalue weighted by atomic mass is 10.0. The Balaban J connectivity index is 2.58. The molecule has 0 spiro atoms. The van der Waals surface area contributed by atoms with Gasteiger partial charge < -0.3 is 10.3 Å². The molecule has 0 atom stereocenters. The predicted octanol–water partition coefficient (Wildman–Crippen LogP) is 2.73. The van der Waals surface area contributed by atoms with Crippen molar-refractivity contribution in [2.45, 2.75) is 27.3 Å². The number of nitrogens with zero attached hydrogens (tertiary/aromatic N) is 1. The standard InChI is InChI=1S/C13H16N2O/c1-8-4-5-11(9(2)6-8)13-12(7-14)10(3)15-16-13/h4-6H,7,14H2,1-3H3. The molecule has 3 nitrogen and oxygen atoms in total. The molecular weight excluding hydrogens is 200 g/mol. The zero-order valence-electron chi connectivity index (χ0n) is 9.87. The van der Waals surface area contributed by atoms with Crippen LogP contribution in [0.1, 0.15) is 22.4 Å². The van der Waals surface area contributed by atoms with Crippen LogP contribution in [0.4, 0.5) is 0 Å². The van der Waals surface area contributed by atoms with Gasteiger partial charge in [0.15, 0.2) is 5.76 Å². The fourth-order valence-electron chi connectivity index (χ4n) is 1.91. The van der Waals surface area contributed by atoms with E-state index in [9.17, 15) is 0 Å². The largest absolute Gasteiger partial charge is 0.356 e. The fourth-order valence-corrected chi connectivity index (χ4v) is 1.91. The minimum Gasteiger partial charge on any atom is -0.356 e. The van der Waals surface area contributed by atoms with Gasteiger partial charge in [-0.05, 0) is 26.3 Å². The van der Waals surface area contributed by atoms with Gasteiger partial charge in [-0.15, -0.1) is 0 Å². The van der Waals surface area contributed by atoms with Gasteiger partial charge in [-0.3, -0.25) is 0 Å². The van der Waals surface area contributed by atoms with Gasteiger partial charge in [0.05, 0.1) is 5.69 Å². The van der Waals surface area contributed by atoms with Gasteiger partial charge in [0.2, 0.25) is 0 Å². The Hall–Kier alpha value is -1.61. The zero-order valence-corrected chi connectivity index (χ0v) is 9.87. The second-order valence-electron chi connectivity index (χ2n) is 4.10. The SMILES string of the molecule is Cc1ccc(-c2onc(C)c2CN)c(C)c1. The molecule has 2 aromatic rings. The summed E-state index contributed by atoms with van der Waals surface area (Å²) in [5, 5.41) is 3.97. The number of benzene rings is 1. The predicted molar refractivity (Wildman–Crippen MR) is 64.0 cm³/mol. The summed E-state index contributed by atoms with van der Waals surface area (Å²) in [6.07, 6.45) is 0. The fraction of sp³-hybridized carbons (Fsp3) is 0.308. The molecule has 0 aliphatic carbocycles. The van der Waals surface area contributed by atoms with E-state index in [1.165, 1.54) is 11.1 Å². The molecule has 1 aromatic heterocycles. The smallest absolute Gasteiger partial charge is 0.171 e. The van der Waals surface area contributed by atoms with Crippen molar-refractivity contribution < 1.29 is 4.52 Å². The van der Waals surface area contributed by atoms with Crippen LogP contribution in [0.3, 0.4) is 0 Å². The van der Waals surface area contributed by atoms with Crippen molar-refractivity contribution in [2.24, 2.45) is 5.73 Å². The molecule has 0 fully saturated rings. The van der Waals surface area contributed by atoms with Crippen LogP contribution in [0.5, 0.6) is 0 Å². The van der Waals surface area contributed by atoms with Crippen molar-refractivity contribution in [3.8, 4) is 11.3 Å². The third-order valence-electron chi connectivity index (χ3n) is 2.82. The maximum Gasteiger partial charge on any atom is 0.171 e. The molecule has 0 radical (unpaired) electrons. The summed E-state index contributed by atoms with van der Waals surface area (Å²) in [5.74, 6) is 0.803. The Bertz CT molecular complexity index is 515. The topological polar surface area (TPSA) is 52.0 Å². The molecule has 2 rings (SSSR count). The molecule has 0 aliphatic heterocycles. The van der Waals surface area contributed by atoms with Gasteiger partial charge >= 0.3 is 0 Å². The molecule has 0 saturated carbocycles. The highest BCUT2D eigenvalue weighted by Crippen LogP contribution is 2.28. The van der Waals surface area contributed by atoms with Crippen LogP contribution in [0, 0.1) is 20.8 Å². The first-order chi connectivity index (χ1) is 7.63. The maximum absolute atomic E-state index is 5.71. The Labute approximate surface area is 95.3 Å². The number of rotatable bonds is 2. The van der Waals surface area contributed by atoms with E-state index in [2.05, 4.69) is 37.2 Å². The van der Waals surface area contributed by atoms with E-state index in [1.807, 2.05) is 6.92 Å². The highest BCUT2D eigenvalue weighted by Gasteiger charge is 2.14. The Kier molecular flexibility index (Phi) is 2.79. The van der Waals surface area contributed by atoms with E-state index < -0.39 is 0 Å². The number of nitrogens with two attached hydrogens (primary N) is 1. The van der Waals surface area contributed by atoms with Crippen molar-refractivity contribution in [1.29, 1.82) is 0 Å². The monoisotopic (exact) mass is 216 g/mol. The molecule has 2 N–H and O–H groups in total. The number of hydrogen-bond donors (Lipinski definition) is 1. The van der Waals surface area contributed by atoms with Crippen LogP contribution in [-0.4, -0.2) is 5.16 Å².